The summed E-state index contributed by atoms with van der Waals surface area (Å²) in [4.78, 5) is 26.0. The van der Waals surface area contributed by atoms with Crippen LogP contribution < -0.4 is 0 Å². The number of nitro groups is 1. The lowest BCUT2D eigenvalue weighted by Gasteiger charge is -2.04. The smallest absolute Gasteiger partial charge is 0.283 e. The minimum atomic E-state index is -1.37. The second-order valence-corrected chi connectivity index (χ2v) is 4.47. The lowest BCUT2D eigenvalue weighted by Crippen LogP contribution is -2.09. The Morgan fingerprint density at radius 1 is 1.29 bits per heavy atom. The van der Waals surface area contributed by atoms with Crippen LogP contribution in [0.15, 0.2) is 30.5 Å². The highest BCUT2D eigenvalue weighted by Crippen LogP contribution is 2.23. The van der Waals surface area contributed by atoms with Crippen molar-refractivity contribution in [2.24, 2.45) is 0 Å². The summed E-state index contributed by atoms with van der Waals surface area (Å²) >= 11 is 0. The van der Waals surface area contributed by atoms with Gasteiger partial charge in [0.1, 0.15) is 0 Å². The number of halogens is 2. The average molecular weight is 292 g/mol. The first-order chi connectivity index (χ1) is 9.88. The second kappa shape index (κ2) is 5.74. The van der Waals surface area contributed by atoms with Gasteiger partial charge in [-0.3, -0.25) is 19.9 Å². The van der Waals surface area contributed by atoms with Gasteiger partial charge in [-0.25, -0.2) is 8.78 Å². The summed E-state index contributed by atoms with van der Waals surface area (Å²) in [6.07, 6.45) is 1.31. The molecule has 0 radical (unpaired) electrons. The first kappa shape index (κ1) is 14.7. The minimum absolute atomic E-state index is 0.230. The fourth-order valence-electron chi connectivity index (χ4n) is 1.77. The number of hydrogen-bond acceptors (Lipinski definition) is 4. The Kier molecular flexibility index (Phi) is 4.02. The van der Waals surface area contributed by atoms with Gasteiger partial charge in [-0.15, -0.1) is 0 Å². The molecule has 108 valence electrons. The van der Waals surface area contributed by atoms with Gasteiger partial charge in [0.15, 0.2) is 17.4 Å². The molecule has 0 unspecified atom stereocenters. The van der Waals surface area contributed by atoms with Crippen LogP contribution in [0.2, 0.25) is 0 Å². The highest BCUT2D eigenvalue weighted by atomic mass is 19.2. The van der Waals surface area contributed by atoms with Crippen LogP contribution in [0, 0.1) is 28.7 Å². The molecule has 0 aliphatic carbocycles. The van der Waals surface area contributed by atoms with Crippen LogP contribution in [0.4, 0.5) is 14.5 Å². The highest BCUT2D eigenvalue weighted by Gasteiger charge is 2.24. The lowest BCUT2D eigenvalue weighted by molar-refractivity contribution is -0.385. The Morgan fingerprint density at radius 3 is 2.52 bits per heavy atom. The Morgan fingerprint density at radius 2 is 1.95 bits per heavy atom. The van der Waals surface area contributed by atoms with Crippen molar-refractivity contribution in [3.05, 3.63) is 69.0 Å². The van der Waals surface area contributed by atoms with Gasteiger partial charge in [-0.05, 0) is 24.6 Å². The summed E-state index contributed by atoms with van der Waals surface area (Å²) in [6, 6.07) is 4.28. The predicted octanol–water partition coefficient (Wildman–Crippen LogP) is 3.00. The van der Waals surface area contributed by atoms with Crippen molar-refractivity contribution >= 4 is 11.5 Å². The third-order valence-corrected chi connectivity index (χ3v) is 2.85. The number of carbonyl (C=O) groups is 1. The summed E-state index contributed by atoms with van der Waals surface area (Å²) < 4.78 is 26.3. The van der Waals surface area contributed by atoms with Crippen LogP contribution in [0.25, 0.3) is 0 Å². The zero-order valence-electron chi connectivity index (χ0n) is 11.0. The van der Waals surface area contributed by atoms with Crippen LogP contribution in [-0.4, -0.2) is 15.7 Å². The molecule has 0 saturated heterocycles. The third kappa shape index (κ3) is 3.25. The van der Waals surface area contributed by atoms with Gasteiger partial charge in [-0.2, -0.15) is 0 Å². The van der Waals surface area contributed by atoms with Crippen LogP contribution in [0.1, 0.15) is 21.6 Å². The van der Waals surface area contributed by atoms with Crippen LogP contribution in [0.5, 0.6) is 0 Å². The normalized spacial score (nSPS) is 10.4. The number of carbonyl (C=O) groups excluding carboxylic acids is 1. The molecule has 0 bridgehead atoms. The number of aryl methyl sites for hydroxylation is 1. The monoisotopic (exact) mass is 292 g/mol. The zero-order valence-corrected chi connectivity index (χ0v) is 11.0. The van der Waals surface area contributed by atoms with Crippen molar-refractivity contribution < 1.29 is 18.5 Å². The summed E-state index contributed by atoms with van der Waals surface area (Å²) in [5, 5.41) is 10.8. The Bertz CT molecular complexity index is 715. The molecular weight excluding hydrogens is 282 g/mol. The van der Waals surface area contributed by atoms with E-state index in [0.29, 0.717) is 17.8 Å². The van der Waals surface area contributed by atoms with Gasteiger partial charge >= 0.3 is 0 Å². The molecule has 0 N–H and O–H groups in total. The number of pyridine rings is 1. The quantitative estimate of drug-likeness (QED) is 0.493. The Balaban J connectivity index is 2.36. The van der Waals surface area contributed by atoms with Gasteiger partial charge in [-0.1, -0.05) is 6.07 Å². The second-order valence-electron chi connectivity index (χ2n) is 4.47. The topological polar surface area (TPSA) is 73.1 Å². The van der Waals surface area contributed by atoms with Gasteiger partial charge in [0.2, 0.25) is 0 Å². The van der Waals surface area contributed by atoms with Crippen molar-refractivity contribution in [2.45, 2.75) is 13.3 Å². The molecule has 0 aliphatic rings. The van der Waals surface area contributed by atoms with E-state index in [1.54, 1.807) is 18.3 Å². The summed E-state index contributed by atoms with van der Waals surface area (Å²) in [5.41, 5.74) is 0.0573. The van der Waals surface area contributed by atoms with E-state index in [1.807, 2.05) is 6.92 Å². The van der Waals surface area contributed by atoms with Crippen LogP contribution >= 0.6 is 0 Å². The molecule has 1 aromatic carbocycles. The highest BCUT2D eigenvalue weighted by molar-refractivity contribution is 6.00. The molecule has 0 fully saturated rings. The van der Waals surface area contributed by atoms with Crippen molar-refractivity contribution in [1.82, 2.24) is 4.98 Å². The Labute approximate surface area is 118 Å². The fraction of sp³-hybridized carbons (Fsp3) is 0.143. The molecule has 21 heavy (non-hydrogen) atoms. The zero-order chi connectivity index (χ0) is 15.6. The number of Topliss-reactive ketones (excluding diaryl/α,β-unsaturated/α-hetero) is 1. The summed E-state index contributed by atoms with van der Waals surface area (Å²) in [7, 11) is 0. The molecule has 5 nitrogen and oxygen atoms in total. The number of nitro benzene ring substituents is 1. The first-order valence-corrected chi connectivity index (χ1v) is 5.96. The maximum Gasteiger partial charge on any atom is 0.283 e. The number of aromatic nitrogens is 1. The van der Waals surface area contributed by atoms with E-state index >= 15 is 0 Å². The molecular formula is C14H10F2N2O3. The number of benzene rings is 1. The van der Waals surface area contributed by atoms with E-state index in [2.05, 4.69) is 4.98 Å². The molecule has 1 aromatic heterocycles. The number of hydrogen-bond donors (Lipinski definition) is 0. The van der Waals surface area contributed by atoms with Crippen molar-refractivity contribution in [3.8, 4) is 0 Å². The largest absolute Gasteiger partial charge is 0.293 e. The average Bonchev–Trinajstić information content (AvgIpc) is 2.43. The maximum atomic E-state index is 13.2. The molecule has 0 aliphatic heterocycles. The molecule has 0 atom stereocenters. The minimum Gasteiger partial charge on any atom is -0.293 e. The third-order valence-electron chi connectivity index (χ3n) is 2.85. The fourth-order valence-corrected chi connectivity index (χ4v) is 1.77. The molecule has 0 saturated carbocycles. The molecule has 2 aromatic rings. The summed E-state index contributed by atoms with van der Waals surface area (Å²) in [6.45, 7) is 1.82. The lowest BCUT2D eigenvalue weighted by atomic mass is 10.0. The van der Waals surface area contributed by atoms with Gasteiger partial charge in [0.05, 0.1) is 23.0 Å². The molecule has 2 rings (SSSR count). The van der Waals surface area contributed by atoms with E-state index in [9.17, 15) is 23.7 Å². The SMILES string of the molecule is Cc1ccc(CC(=O)c2cc(F)c(F)cc2[N+](=O)[O-])nc1. The van der Waals surface area contributed by atoms with E-state index in [1.165, 1.54) is 0 Å². The van der Waals surface area contributed by atoms with Gasteiger partial charge in [0.25, 0.3) is 5.69 Å². The van der Waals surface area contributed by atoms with Gasteiger partial charge in [0, 0.05) is 11.9 Å². The number of nitrogens with zero attached hydrogens (tertiary/aromatic N) is 2. The van der Waals surface area contributed by atoms with E-state index in [0.717, 1.165) is 5.56 Å². The molecule has 1 heterocycles. The van der Waals surface area contributed by atoms with E-state index in [-0.39, 0.29) is 6.42 Å². The first-order valence-electron chi connectivity index (χ1n) is 5.96. The number of rotatable bonds is 4. The molecule has 0 amide bonds. The van der Waals surface area contributed by atoms with Crippen LogP contribution in [-0.2, 0) is 6.42 Å². The molecule has 0 spiro atoms. The maximum absolute atomic E-state index is 13.2. The summed E-state index contributed by atoms with van der Waals surface area (Å²) in [5.74, 6) is -3.37. The molecule has 7 heteroatoms. The predicted molar refractivity (Wildman–Crippen MR) is 70.0 cm³/mol. The number of ketones is 1. The van der Waals surface area contributed by atoms with Crippen molar-refractivity contribution in [1.29, 1.82) is 0 Å². The van der Waals surface area contributed by atoms with E-state index in [4.69, 9.17) is 0 Å². The van der Waals surface area contributed by atoms with E-state index < -0.39 is 33.6 Å². The van der Waals surface area contributed by atoms with Crippen molar-refractivity contribution in [2.75, 3.05) is 0 Å². The van der Waals surface area contributed by atoms with Crippen LogP contribution in [0.3, 0.4) is 0 Å². The van der Waals surface area contributed by atoms with Crippen molar-refractivity contribution in [3.63, 3.8) is 0 Å². The standard InChI is InChI=1S/C14H10F2N2O3/c1-8-2-3-9(17-7-8)4-14(19)10-5-11(15)12(16)6-13(10)18(20)21/h2-3,5-7H,4H2,1H3. The van der Waals surface area contributed by atoms with Gasteiger partial charge < -0.3 is 0 Å². The Hall–Kier alpha value is -2.70.